The molecule has 104 valence electrons. The maximum absolute atomic E-state index is 12.4. The van der Waals surface area contributed by atoms with Crippen molar-refractivity contribution in [1.82, 2.24) is 10.3 Å². The van der Waals surface area contributed by atoms with E-state index in [-0.39, 0.29) is 11.3 Å². The van der Waals surface area contributed by atoms with Gasteiger partial charge in [-0.05, 0) is 26.0 Å². The molecule has 19 heavy (non-hydrogen) atoms. The lowest BCUT2D eigenvalue weighted by molar-refractivity contribution is -0.141. The summed E-state index contributed by atoms with van der Waals surface area (Å²) in [5.41, 5.74) is 3.76. The van der Waals surface area contributed by atoms with Crippen molar-refractivity contribution in [3.05, 3.63) is 29.1 Å². The lowest BCUT2D eigenvalue weighted by Crippen LogP contribution is -2.42. The van der Waals surface area contributed by atoms with E-state index in [0.717, 1.165) is 6.07 Å². The Kier molecular flexibility index (Phi) is 4.13. The highest BCUT2D eigenvalue weighted by atomic mass is 19.4. The maximum Gasteiger partial charge on any atom is 0.433 e. The summed E-state index contributed by atoms with van der Waals surface area (Å²) in [7, 11) is 0. The highest BCUT2D eigenvalue weighted by Gasteiger charge is 2.33. The highest BCUT2D eigenvalue weighted by Crippen LogP contribution is 2.28. The number of alkyl halides is 3. The Morgan fingerprint density at radius 2 is 1.95 bits per heavy atom. The molecule has 0 saturated carbocycles. The van der Waals surface area contributed by atoms with Crippen LogP contribution in [0.25, 0.3) is 0 Å². The lowest BCUT2D eigenvalue weighted by atomic mass is 10.1. The van der Waals surface area contributed by atoms with Gasteiger partial charge in [0.2, 0.25) is 5.91 Å². The Labute approximate surface area is 107 Å². The van der Waals surface area contributed by atoms with Gasteiger partial charge < -0.3 is 11.1 Å². The SMILES string of the molecule is Cc1nc(C(F)(F)F)ccc1C(=O)N[C@@H](C)C(N)=O. The minimum atomic E-state index is -4.57. The molecule has 0 bridgehead atoms. The fraction of sp³-hybridized carbons (Fsp3) is 0.364. The second-order valence-corrected chi connectivity index (χ2v) is 3.92. The number of nitrogens with one attached hydrogen (secondary N) is 1. The average molecular weight is 275 g/mol. The van der Waals surface area contributed by atoms with Gasteiger partial charge >= 0.3 is 6.18 Å². The first-order chi connectivity index (χ1) is 8.62. The van der Waals surface area contributed by atoms with Crippen molar-refractivity contribution >= 4 is 11.8 Å². The summed E-state index contributed by atoms with van der Waals surface area (Å²) in [5.74, 6) is -1.45. The molecule has 1 atom stereocenters. The van der Waals surface area contributed by atoms with Crippen LogP contribution < -0.4 is 11.1 Å². The summed E-state index contributed by atoms with van der Waals surface area (Å²) in [6.07, 6.45) is -4.57. The number of nitrogens with two attached hydrogens (primary N) is 1. The van der Waals surface area contributed by atoms with E-state index in [1.54, 1.807) is 0 Å². The standard InChI is InChI=1S/C11H12F3N3O2/c1-5-7(10(19)17-6(2)9(15)18)3-4-8(16-5)11(12,13)14/h3-4,6H,1-2H3,(H2,15,18)(H,17,19)/t6-/m0/s1. The van der Waals surface area contributed by atoms with Crippen LogP contribution in [0.2, 0.25) is 0 Å². The van der Waals surface area contributed by atoms with Gasteiger partial charge in [0.05, 0.1) is 11.3 Å². The third kappa shape index (κ3) is 3.67. The summed E-state index contributed by atoms with van der Waals surface area (Å²) in [4.78, 5) is 25.8. The summed E-state index contributed by atoms with van der Waals surface area (Å²) in [5, 5.41) is 2.26. The molecule has 3 N–H and O–H groups in total. The number of aromatic nitrogens is 1. The molecule has 1 aromatic rings. The number of halogens is 3. The van der Waals surface area contributed by atoms with Gasteiger partial charge in [0.25, 0.3) is 5.91 Å². The largest absolute Gasteiger partial charge is 0.433 e. The molecule has 1 heterocycles. The number of rotatable bonds is 3. The van der Waals surface area contributed by atoms with Gasteiger partial charge in [-0.15, -0.1) is 0 Å². The molecule has 0 fully saturated rings. The van der Waals surface area contributed by atoms with Crippen molar-refractivity contribution < 1.29 is 22.8 Å². The third-order valence-electron chi connectivity index (χ3n) is 2.40. The number of hydrogen-bond donors (Lipinski definition) is 2. The van der Waals surface area contributed by atoms with E-state index in [4.69, 9.17) is 5.73 Å². The zero-order valence-electron chi connectivity index (χ0n) is 10.2. The monoisotopic (exact) mass is 275 g/mol. The van der Waals surface area contributed by atoms with E-state index in [1.807, 2.05) is 0 Å². The van der Waals surface area contributed by atoms with Gasteiger partial charge in [-0.1, -0.05) is 0 Å². The first-order valence-corrected chi connectivity index (χ1v) is 5.28. The van der Waals surface area contributed by atoms with Crippen molar-refractivity contribution in [1.29, 1.82) is 0 Å². The smallest absolute Gasteiger partial charge is 0.368 e. The summed E-state index contributed by atoms with van der Waals surface area (Å²) < 4.78 is 37.2. The molecule has 1 rings (SSSR count). The molecular formula is C11H12F3N3O2. The van der Waals surface area contributed by atoms with Gasteiger partial charge in [-0.25, -0.2) is 4.98 Å². The van der Waals surface area contributed by atoms with Crippen LogP contribution in [0.5, 0.6) is 0 Å². The molecule has 0 aliphatic heterocycles. The van der Waals surface area contributed by atoms with Crippen LogP contribution in [0.4, 0.5) is 13.2 Å². The van der Waals surface area contributed by atoms with Crippen molar-refractivity contribution in [2.75, 3.05) is 0 Å². The number of primary amides is 1. The van der Waals surface area contributed by atoms with E-state index >= 15 is 0 Å². The van der Waals surface area contributed by atoms with Crippen molar-refractivity contribution in [3.8, 4) is 0 Å². The quantitative estimate of drug-likeness (QED) is 0.863. The van der Waals surface area contributed by atoms with Crippen molar-refractivity contribution in [2.45, 2.75) is 26.1 Å². The normalized spacial score (nSPS) is 12.9. The van der Waals surface area contributed by atoms with Crippen molar-refractivity contribution in [2.24, 2.45) is 5.73 Å². The molecular weight excluding hydrogens is 263 g/mol. The van der Waals surface area contributed by atoms with E-state index in [9.17, 15) is 22.8 Å². The maximum atomic E-state index is 12.4. The molecule has 0 aliphatic rings. The molecule has 8 heteroatoms. The average Bonchev–Trinajstić information content (AvgIpc) is 2.27. The Morgan fingerprint density at radius 1 is 1.37 bits per heavy atom. The molecule has 0 saturated heterocycles. The summed E-state index contributed by atoms with van der Waals surface area (Å²) in [6, 6.07) is 0.791. The number of pyridine rings is 1. The second-order valence-electron chi connectivity index (χ2n) is 3.92. The van der Waals surface area contributed by atoms with Gasteiger partial charge in [0, 0.05) is 0 Å². The predicted octanol–water partition coefficient (Wildman–Crippen LogP) is 1.01. The van der Waals surface area contributed by atoms with Crippen LogP contribution in [0.15, 0.2) is 12.1 Å². The number of carbonyl (C=O) groups excluding carboxylic acids is 2. The molecule has 0 spiro atoms. The Bertz CT molecular complexity index is 514. The van der Waals surface area contributed by atoms with Gasteiger partial charge in [0.15, 0.2) is 0 Å². The minimum absolute atomic E-state index is 0.0406. The van der Waals surface area contributed by atoms with Crippen LogP contribution in [0, 0.1) is 6.92 Å². The lowest BCUT2D eigenvalue weighted by Gasteiger charge is -2.12. The molecule has 1 aromatic heterocycles. The van der Waals surface area contributed by atoms with Crippen molar-refractivity contribution in [3.63, 3.8) is 0 Å². The van der Waals surface area contributed by atoms with E-state index in [1.165, 1.54) is 13.8 Å². The Balaban J connectivity index is 2.97. The molecule has 0 radical (unpaired) electrons. The minimum Gasteiger partial charge on any atom is -0.368 e. The zero-order valence-corrected chi connectivity index (χ0v) is 10.2. The van der Waals surface area contributed by atoms with Gasteiger partial charge in [0.1, 0.15) is 11.7 Å². The van der Waals surface area contributed by atoms with Crippen LogP contribution in [-0.4, -0.2) is 22.8 Å². The van der Waals surface area contributed by atoms with E-state index in [0.29, 0.717) is 6.07 Å². The molecule has 5 nitrogen and oxygen atoms in total. The number of aryl methyl sites for hydroxylation is 1. The Morgan fingerprint density at radius 3 is 2.37 bits per heavy atom. The highest BCUT2D eigenvalue weighted by molar-refractivity contribution is 5.97. The third-order valence-corrected chi connectivity index (χ3v) is 2.40. The molecule has 2 amide bonds. The first kappa shape index (κ1) is 14.9. The first-order valence-electron chi connectivity index (χ1n) is 5.28. The number of amides is 2. The Hall–Kier alpha value is -2.12. The molecule has 0 aromatic carbocycles. The fourth-order valence-electron chi connectivity index (χ4n) is 1.30. The number of nitrogens with zero attached hydrogens (tertiary/aromatic N) is 1. The van der Waals surface area contributed by atoms with Gasteiger partial charge in [-0.3, -0.25) is 9.59 Å². The zero-order chi connectivity index (χ0) is 14.8. The summed E-state index contributed by atoms with van der Waals surface area (Å²) >= 11 is 0. The topological polar surface area (TPSA) is 85.1 Å². The molecule has 0 unspecified atom stereocenters. The van der Waals surface area contributed by atoms with Crippen LogP contribution in [0.1, 0.15) is 28.7 Å². The summed E-state index contributed by atoms with van der Waals surface area (Å²) in [6.45, 7) is 2.65. The van der Waals surface area contributed by atoms with E-state index < -0.39 is 29.7 Å². The van der Waals surface area contributed by atoms with Crippen LogP contribution in [0.3, 0.4) is 0 Å². The van der Waals surface area contributed by atoms with Gasteiger partial charge in [-0.2, -0.15) is 13.2 Å². The second kappa shape index (κ2) is 5.25. The molecule has 0 aliphatic carbocycles. The van der Waals surface area contributed by atoms with Crippen LogP contribution in [-0.2, 0) is 11.0 Å². The van der Waals surface area contributed by atoms with E-state index in [2.05, 4.69) is 10.3 Å². The number of carbonyl (C=O) groups is 2. The fourth-order valence-corrected chi connectivity index (χ4v) is 1.30. The number of hydrogen-bond acceptors (Lipinski definition) is 3. The van der Waals surface area contributed by atoms with Crippen LogP contribution >= 0.6 is 0 Å². The predicted molar refractivity (Wildman–Crippen MR) is 60.1 cm³/mol.